The molecule has 0 spiro atoms. The largest absolute Gasteiger partial charge is 0.487 e. The van der Waals surface area contributed by atoms with Crippen molar-refractivity contribution in [3.63, 3.8) is 0 Å². The third-order valence-electron chi connectivity index (χ3n) is 4.27. The number of aryl methyl sites for hydroxylation is 3. The topological polar surface area (TPSA) is 39.4 Å². The summed E-state index contributed by atoms with van der Waals surface area (Å²) in [6, 6.07) is 3.78. The summed E-state index contributed by atoms with van der Waals surface area (Å²) in [6.45, 7) is 8.31. The molecule has 2 aromatic rings. The molecule has 0 unspecified atom stereocenters. The third-order valence-corrected chi connectivity index (χ3v) is 4.27. The molecule has 0 radical (unpaired) electrons. The van der Waals surface area contributed by atoms with Crippen molar-refractivity contribution in [2.24, 2.45) is 0 Å². The van der Waals surface area contributed by atoms with E-state index < -0.39 is 0 Å². The van der Waals surface area contributed by atoms with Crippen molar-refractivity contribution in [1.82, 2.24) is 0 Å². The molecule has 3 rings (SSSR count). The summed E-state index contributed by atoms with van der Waals surface area (Å²) < 4.78 is 11.6. The lowest BCUT2D eigenvalue weighted by molar-refractivity contribution is 0.0838. The Morgan fingerprint density at radius 3 is 2.76 bits per heavy atom. The standard InChI is InChI=1S/C18H22O3/c1-5-6-12-10-15(19)20-17-11(2)16-13(9-14(12)17)7-8-18(3,4)21-16/h9-10H,5-8H2,1-4H3. The maximum Gasteiger partial charge on any atom is 0.336 e. The summed E-state index contributed by atoms with van der Waals surface area (Å²) in [4.78, 5) is 11.8. The second-order valence-corrected chi connectivity index (χ2v) is 6.57. The minimum atomic E-state index is -0.274. The molecule has 0 atom stereocenters. The Labute approximate surface area is 124 Å². The van der Waals surface area contributed by atoms with Gasteiger partial charge in [0.25, 0.3) is 0 Å². The van der Waals surface area contributed by atoms with Crippen molar-refractivity contribution in [2.45, 2.75) is 59.0 Å². The molecule has 0 saturated heterocycles. The quantitative estimate of drug-likeness (QED) is 0.778. The van der Waals surface area contributed by atoms with Crippen LogP contribution in [0.3, 0.4) is 0 Å². The maximum absolute atomic E-state index is 11.8. The van der Waals surface area contributed by atoms with Crippen LogP contribution in [0, 0.1) is 6.92 Å². The van der Waals surface area contributed by atoms with Crippen LogP contribution in [-0.2, 0) is 12.8 Å². The first-order valence-electron chi connectivity index (χ1n) is 7.69. The van der Waals surface area contributed by atoms with Crippen molar-refractivity contribution >= 4 is 11.0 Å². The van der Waals surface area contributed by atoms with Crippen LogP contribution in [0.4, 0.5) is 0 Å². The van der Waals surface area contributed by atoms with Gasteiger partial charge < -0.3 is 9.15 Å². The van der Waals surface area contributed by atoms with Crippen molar-refractivity contribution in [2.75, 3.05) is 0 Å². The molecule has 1 aliphatic heterocycles. The lowest BCUT2D eigenvalue weighted by Crippen LogP contribution is -2.33. The fourth-order valence-electron chi connectivity index (χ4n) is 3.14. The van der Waals surface area contributed by atoms with Gasteiger partial charge in [-0.15, -0.1) is 0 Å². The lowest BCUT2D eigenvalue weighted by Gasteiger charge is -2.33. The Morgan fingerprint density at radius 2 is 2.05 bits per heavy atom. The van der Waals surface area contributed by atoms with E-state index in [0.29, 0.717) is 5.58 Å². The van der Waals surface area contributed by atoms with Crippen LogP contribution in [0.15, 0.2) is 21.3 Å². The highest BCUT2D eigenvalue weighted by Crippen LogP contribution is 2.39. The Bertz CT molecular complexity index is 753. The van der Waals surface area contributed by atoms with Crippen LogP contribution in [0.2, 0.25) is 0 Å². The van der Waals surface area contributed by atoms with E-state index in [2.05, 4.69) is 26.8 Å². The Balaban J connectivity index is 2.29. The molecule has 0 fully saturated rings. The summed E-state index contributed by atoms with van der Waals surface area (Å²) in [5.41, 5.74) is 3.51. The van der Waals surface area contributed by atoms with Crippen molar-refractivity contribution < 1.29 is 9.15 Å². The number of benzene rings is 1. The highest BCUT2D eigenvalue weighted by Gasteiger charge is 2.29. The third kappa shape index (κ3) is 2.45. The van der Waals surface area contributed by atoms with Gasteiger partial charge >= 0.3 is 5.63 Å². The summed E-state index contributed by atoms with van der Waals surface area (Å²) >= 11 is 0. The molecular weight excluding hydrogens is 264 g/mol. The predicted octanol–water partition coefficient (Wildman–Crippen LogP) is 4.16. The van der Waals surface area contributed by atoms with Crippen LogP contribution in [-0.4, -0.2) is 5.60 Å². The molecule has 1 aromatic carbocycles. The molecule has 112 valence electrons. The van der Waals surface area contributed by atoms with Crippen molar-refractivity contribution in [1.29, 1.82) is 0 Å². The molecule has 0 saturated carbocycles. The first-order valence-corrected chi connectivity index (χ1v) is 7.69. The van der Waals surface area contributed by atoms with Crippen LogP contribution in [0.5, 0.6) is 5.75 Å². The molecule has 0 aliphatic carbocycles. The number of ether oxygens (including phenoxy) is 1. The average molecular weight is 286 g/mol. The number of hydrogen-bond acceptors (Lipinski definition) is 3. The zero-order valence-electron chi connectivity index (χ0n) is 13.2. The first kappa shape index (κ1) is 14.2. The highest BCUT2D eigenvalue weighted by molar-refractivity contribution is 5.86. The summed E-state index contributed by atoms with van der Waals surface area (Å²) in [7, 11) is 0. The minimum absolute atomic E-state index is 0.160. The molecule has 21 heavy (non-hydrogen) atoms. The van der Waals surface area contributed by atoms with E-state index in [-0.39, 0.29) is 11.2 Å². The van der Waals surface area contributed by atoms with Gasteiger partial charge in [0.1, 0.15) is 16.9 Å². The second-order valence-electron chi connectivity index (χ2n) is 6.57. The highest BCUT2D eigenvalue weighted by atomic mass is 16.5. The summed E-state index contributed by atoms with van der Waals surface area (Å²) in [5, 5.41) is 1.07. The van der Waals surface area contributed by atoms with E-state index in [1.807, 2.05) is 6.92 Å². The van der Waals surface area contributed by atoms with Gasteiger partial charge in [-0.1, -0.05) is 13.3 Å². The summed E-state index contributed by atoms with van der Waals surface area (Å²) in [5.74, 6) is 0.899. The van der Waals surface area contributed by atoms with Gasteiger partial charge in [0.15, 0.2) is 0 Å². The van der Waals surface area contributed by atoms with Crippen LogP contribution < -0.4 is 10.4 Å². The zero-order valence-corrected chi connectivity index (χ0v) is 13.2. The predicted molar refractivity (Wildman–Crippen MR) is 84.2 cm³/mol. The maximum atomic E-state index is 11.8. The van der Waals surface area contributed by atoms with Crippen LogP contribution in [0.1, 0.15) is 50.3 Å². The number of hydrogen-bond donors (Lipinski definition) is 0. The molecular formula is C18H22O3. The molecule has 1 aromatic heterocycles. The number of fused-ring (bicyclic) bond motifs is 2. The summed E-state index contributed by atoms with van der Waals surface area (Å²) in [6.07, 6.45) is 3.92. The van der Waals surface area contributed by atoms with Gasteiger partial charge in [0.05, 0.1) is 0 Å². The first-order chi connectivity index (χ1) is 9.91. The van der Waals surface area contributed by atoms with Gasteiger partial charge in [0, 0.05) is 17.0 Å². The Morgan fingerprint density at radius 1 is 1.29 bits per heavy atom. The van der Waals surface area contributed by atoms with Gasteiger partial charge in [0.2, 0.25) is 0 Å². The average Bonchev–Trinajstić information content (AvgIpc) is 2.41. The van der Waals surface area contributed by atoms with Gasteiger partial charge in [-0.3, -0.25) is 0 Å². The number of rotatable bonds is 2. The van der Waals surface area contributed by atoms with E-state index in [4.69, 9.17) is 9.15 Å². The zero-order chi connectivity index (χ0) is 15.2. The SMILES string of the molecule is CCCc1cc(=O)oc2c(C)c3c(cc12)CCC(C)(C)O3. The Kier molecular flexibility index (Phi) is 3.31. The second kappa shape index (κ2) is 4.90. The van der Waals surface area contributed by atoms with E-state index in [1.54, 1.807) is 6.07 Å². The lowest BCUT2D eigenvalue weighted by atomic mass is 9.90. The molecule has 0 bridgehead atoms. The molecule has 2 heterocycles. The molecule has 0 amide bonds. The van der Waals surface area contributed by atoms with Gasteiger partial charge in [-0.05, 0) is 57.2 Å². The smallest absolute Gasteiger partial charge is 0.336 e. The van der Waals surface area contributed by atoms with Crippen LogP contribution >= 0.6 is 0 Å². The van der Waals surface area contributed by atoms with E-state index >= 15 is 0 Å². The fraction of sp³-hybridized carbons (Fsp3) is 0.500. The molecule has 0 N–H and O–H groups in total. The van der Waals surface area contributed by atoms with Gasteiger partial charge in [-0.25, -0.2) is 4.79 Å². The molecule has 3 nitrogen and oxygen atoms in total. The normalized spacial score (nSPS) is 16.6. The fourth-order valence-corrected chi connectivity index (χ4v) is 3.14. The minimum Gasteiger partial charge on any atom is -0.487 e. The van der Waals surface area contributed by atoms with E-state index in [1.165, 1.54) is 5.56 Å². The van der Waals surface area contributed by atoms with Crippen LogP contribution in [0.25, 0.3) is 11.0 Å². The molecule has 1 aliphatic rings. The molecule has 3 heteroatoms. The van der Waals surface area contributed by atoms with Crippen molar-refractivity contribution in [3.05, 3.63) is 39.2 Å². The van der Waals surface area contributed by atoms with E-state index in [9.17, 15) is 4.79 Å². The monoisotopic (exact) mass is 286 g/mol. The van der Waals surface area contributed by atoms with Crippen molar-refractivity contribution in [3.8, 4) is 5.75 Å². The Hall–Kier alpha value is -1.77. The van der Waals surface area contributed by atoms with Gasteiger partial charge in [-0.2, -0.15) is 0 Å². The van der Waals surface area contributed by atoms with E-state index in [0.717, 1.165) is 47.9 Å².